The SMILES string of the molecule is O=C(c1cc(Cl)ccc1Cl)N1C[C@@H]2CCC[C@@]2(C(=O)O)C1. The van der Waals surface area contributed by atoms with E-state index in [2.05, 4.69) is 0 Å². The van der Waals surface area contributed by atoms with Crippen LogP contribution in [0.4, 0.5) is 0 Å². The molecule has 0 bridgehead atoms. The van der Waals surface area contributed by atoms with E-state index in [0.29, 0.717) is 28.6 Å². The third-order valence-electron chi connectivity index (χ3n) is 4.74. The molecule has 1 saturated heterocycles. The molecule has 4 nitrogen and oxygen atoms in total. The van der Waals surface area contributed by atoms with Gasteiger partial charge in [-0.2, -0.15) is 0 Å². The van der Waals surface area contributed by atoms with Crippen molar-refractivity contribution in [2.45, 2.75) is 19.3 Å². The molecule has 21 heavy (non-hydrogen) atoms. The fourth-order valence-corrected chi connectivity index (χ4v) is 4.00. The predicted molar refractivity (Wildman–Crippen MR) is 79.8 cm³/mol. The molecule has 0 unspecified atom stereocenters. The van der Waals surface area contributed by atoms with Gasteiger partial charge in [-0.25, -0.2) is 0 Å². The first-order valence-electron chi connectivity index (χ1n) is 6.92. The maximum Gasteiger partial charge on any atom is 0.311 e. The van der Waals surface area contributed by atoms with Gasteiger partial charge < -0.3 is 10.0 Å². The summed E-state index contributed by atoms with van der Waals surface area (Å²) in [5, 5.41) is 10.3. The van der Waals surface area contributed by atoms with Crippen LogP contribution < -0.4 is 0 Å². The van der Waals surface area contributed by atoms with E-state index in [0.717, 1.165) is 12.8 Å². The zero-order chi connectivity index (χ0) is 15.2. The predicted octanol–water partition coefficient (Wildman–Crippen LogP) is 3.32. The normalized spacial score (nSPS) is 27.7. The fraction of sp³-hybridized carbons (Fsp3) is 0.467. The van der Waals surface area contributed by atoms with Crippen molar-refractivity contribution in [1.29, 1.82) is 0 Å². The Morgan fingerprint density at radius 1 is 1.33 bits per heavy atom. The molecule has 2 atom stereocenters. The van der Waals surface area contributed by atoms with Crippen molar-refractivity contribution >= 4 is 35.1 Å². The van der Waals surface area contributed by atoms with E-state index in [1.165, 1.54) is 6.07 Å². The number of hydrogen-bond donors (Lipinski definition) is 1. The van der Waals surface area contributed by atoms with Crippen molar-refractivity contribution in [2.75, 3.05) is 13.1 Å². The molecule has 2 aliphatic rings. The van der Waals surface area contributed by atoms with Gasteiger partial charge in [0.1, 0.15) is 0 Å². The Hall–Kier alpha value is -1.26. The first-order valence-corrected chi connectivity index (χ1v) is 7.67. The molecular weight excluding hydrogens is 313 g/mol. The summed E-state index contributed by atoms with van der Waals surface area (Å²) in [6.07, 6.45) is 2.41. The summed E-state index contributed by atoms with van der Waals surface area (Å²) in [7, 11) is 0. The lowest BCUT2D eigenvalue weighted by Gasteiger charge is -2.23. The molecule has 1 heterocycles. The number of carbonyl (C=O) groups excluding carboxylic acids is 1. The molecule has 1 amide bonds. The third kappa shape index (κ3) is 2.30. The molecule has 1 aromatic rings. The van der Waals surface area contributed by atoms with E-state index in [1.807, 2.05) is 0 Å². The Kier molecular flexibility index (Phi) is 3.62. The quantitative estimate of drug-likeness (QED) is 0.906. The molecule has 1 saturated carbocycles. The highest BCUT2D eigenvalue weighted by molar-refractivity contribution is 6.35. The summed E-state index contributed by atoms with van der Waals surface area (Å²) >= 11 is 12.0. The van der Waals surface area contributed by atoms with Crippen LogP contribution in [-0.4, -0.2) is 35.0 Å². The Bertz CT molecular complexity index is 619. The van der Waals surface area contributed by atoms with Crippen molar-refractivity contribution in [1.82, 2.24) is 4.90 Å². The topological polar surface area (TPSA) is 57.6 Å². The van der Waals surface area contributed by atoms with Crippen LogP contribution in [0.2, 0.25) is 10.0 Å². The second kappa shape index (κ2) is 5.18. The van der Waals surface area contributed by atoms with E-state index in [9.17, 15) is 14.7 Å². The summed E-state index contributed by atoms with van der Waals surface area (Å²) in [6.45, 7) is 0.739. The first-order chi connectivity index (χ1) is 9.94. The molecule has 6 heteroatoms. The number of rotatable bonds is 2. The Labute approximate surface area is 132 Å². The van der Waals surface area contributed by atoms with Gasteiger partial charge in [-0.1, -0.05) is 29.6 Å². The highest BCUT2D eigenvalue weighted by atomic mass is 35.5. The molecule has 0 spiro atoms. The average molecular weight is 328 g/mol. The van der Waals surface area contributed by atoms with Gasteiger partial charge in [0.15, 0.2) is 0 Å². The van der Waals surface area contributed by atoms with Gasteiger partial charge in [0.05, 0.1) is 16.0 Å². The number of carboxylic acid groups (broad SMARTS) is 1. The maximum atomic E-state index is 12.6. The number of hydrogen-bond acceptors (Lipinski definition) is 2. The average Bonchev–Trinajstić information content (AvgIpc) is 2.98. The summed E-state index contributed by atoms with van der Waals surface area (Å²) in [6, 6.07) is 4.74. The number of aliphatic carboxylic acids is 1. The van der Waals surface area contributed by atoms with Crippen molar-refractivity contribution in [3.63, 3.8) is 0 Å². The van der Waals surface area contributed by atoms with Crippen molar-refractivity contribution in [3.05, 3.63) is 33.8 Å². The fourth-order valence-electron chi connectivity index (χ4n) is 3.63. The highest BCUT2D eigenvalue weighted by Gasteiger charge is 2.55. The lowest BCUT2D eigenvalue weighted by molar-refractivity contribution is -0.149. The maximum absolute atomic E-state index is 12.6. The van der Waals surface area contributed by atoms with E-state index < -0.39 is 11.4 Å². The summed E-state index contributed by atoms with van der Waals surface area (Å²) in [5.41, 5.74) is -0.439. The van der Waals surface area contributed by atoms with E-state index in [-0.39, 0.29) is 18.4 Å². The van der Waals surface area contributed by atoms with Crippen molar-refractivity contribution < 1.29 is 14.7 Å². The second-order valence-electron chi connectivity index (χ2n) is 5.86. The van der Waals surface area contributed by atoms with Crippen LogP contribution in [0.15, 0.2) is 18.2 Å². The number of amides is 1. The molecule has 112 valence electrons. The second-order valence-corrected chi connectivity index (χ2v) is 6.70. The molecule has 0 radical (unpaired) electrons. The van der Waals surface area contributed by atoms with Crippen LogP contribution in [0.1, 0.15) is 29.6 Å². The standard InChI is InChI=1S/C15H15Cl2NO3/c16-10-3-4-12(17)11(6-10)13(19)18-7-9-2-1-5-15(9,8-18)14(20)21/h3-4,6,9H,1-2,5,7-8H2,(H,20,21)/t9-,15+/m0/s1. The molecule has 1 aromatic carbocycles. The molecule has 3 rings (SSSR count). The Morgan fingerprint density at radius 3 is 2.76 bits per heavy atom. The first kappa shape index (κ1) is 14.7. The minimum absolute atomic E-state index is 0.0388. The number of carboxylic acids is 1. The van der Waals surface area contributed by atoms with E-state index >= 15 is 0 Å². The summed E-state index contributed by atoms with van der Waals surface area (Å²) < 4.78 is 0. The van der Waals surface area contributed by atoms with Crippen LogP contribution in [0.3, 0.4) is 0 Å². The van der Waals surface area contributed by atoms with Crippen LogP contribution in [-0.2, 0) is 4.79 Å². The number of nitrogens with zero attached hydrogens (tertiary/aromatic N) is 1. The van der Waals surface area contributed by atoms with Crippen LogP contribution >= 0.6 is 23.2 Å². The van der Waals surface area contributed by atoms with E-state index in [1.54, 1.807) is 17.0 Å². The molecule has 1 aliphatic carbocycles. The van der Waals surface area contributed by atoms with Crippen molar-refractivity contribution in [3.8, 4) is 0 Å². The molecule has 1 aliphatic heterocycles. The molecular formula is C15H15Cl2NO3. The zero-order valence-electron chi connectivity index (χ0n) is 11.3. The van der Waals surface area contributed by atoms with Crippen LogP contribution in [0, 0.1) is 11.3 Å². The van der Waals surface area contributed by atoms with E-state index in [4.69, 9.17) is 23.2 Å². The van der Waals surface area contributed by atoms with Crippen molar-refractivity contribution in [2.24, 2.45) is 11.3 Å². The number of likely N-dealkylation sites (tertiary alicyclic amines) is 1. The molecule has 1 N–H and O–H groups in total. The number of halogens is 2. The van der Waals surface area contributed by atoms with Crippen LogP contribution in [0.25, 0.3) is 0 Å². The number of benzene rings is 1. The molecule has 2 fully saturated rings. The summed E-state index contributed by atoms with van der Waals surface area (Å²) in [5.74, 6) is -0.994. The largest absolute Gasteiger partial charge is 0.481 e. The smallest absolute Gasteiger partial charge is 0.311 e. The monoisotopic (exact) mass is 327 g/mol. The van der Waals surface area contributed by atoms with Gasteiger partial charge in [-0.3, -0.25) is 9.59 Å². The lowest BCUT2D eigenvalue weighted by atomic mass is 9.81. The van der Waals surface area contributed by atoms with Gasteiger partial charge in [0.2, 0.25) is 0 Å². The van der Waals surface area contributed by atoms with Gasteiger partial charge >= 0.3 is 5.97 Å². The van der Waals surface area contributed by atoms with Gasteiger partial charge in [0, 0.05) is 18.1 Å². The Morgan fingerprint density at radius 2 is 2.10 bits per heavy atom. The summed E-state index contributed by atoms with van der Waals surface area (Å²) in [4.78, 5) is 25.9. The highest BCUT2D eigenvalue weighted by Crippen LogP contribution is 2.49. The minimum Gasteiger partial charge on any atom is -0.481 e. The van der Waals surface area contributed by atoms with Gasteiger partial charge in [0.25, 0.3) is 5.91 Å². The molecule has 0 aromatic heterocycles. The lowest BCUT2D eigenvalue weighted by Crippen LogP contribution is -2.37. The third-order valence-corrected chi connectivity index (χ3v) is 5.31. The Balaban J connectivity index is 1.88. The van der Waals surface area contributed by atoms with Gasteiger partial charge in [-0.05, 0) is 37.0 Å². The zero-order valence-corrected chi connectivity index (χ0v) is 12.8. The van der Waals surface area contributed by atoms with Gasteiger partial charge in [-0.15, -0.1) is 0 Å². The number of fused-ring (bicyclic) bond motifs is 1. The minimum atomic E-state index is -0.794. The van der Waals surface area contributed by atoms with Crippen LogP contribution in [0.5, 0.6) is 0 Å². The number of carbonyl (C=O) groups is 2.